The Morgan fingerprint density at radius 3 is 2.29 bits per heavy atom. The number of aliphatic carboxylic acids is 1. The normalized spacial score (nSPS) is 16.3. The molecule has 2 N–H and O–H groups in total. The van der Waals surface area contributed by atoms with E-state index in [1.807, 2.05) is 18.2 Å². The van der Waals surface area contributed by atoms with Crippen LogP contribution in [-0.4, -0.2) is 66.1 Å². The van der Waals surface area contributed by atoms with Gasteiger partial charge in [-0.05, 0) is 29.8 Å². The number of halogens is 1. The third-order valence-electron chi connectivity index (χ3n) is 5.33. The van der Waals surface area contributed by atoms with Crippen LogP contribution in [0.25, 0.3) is 6.08 Å². The fourth-order valence-corrected chi connectivity index (χ4v) is 3.57. The minimum atomic E-state index is -0.984. The maximum Gasteiger partial charge on any atom is 0.308 e. The average molecular weight is 426 g/mol. The third-order valence-corrected chi connectivity index (χ3v) is 5.33. The molecule has 1 amide bonds. The zero-order valence-corrected chi connectivity index (χ0v) is 17.4. The number of carboxylic acids is 1. The van der Waals surface area contributed by atoms with Gasteiger partial charge in [0.2, 0.25) is 5.91 Å². The minimum Gasteiger partial charge on any atom is -0.481 e. The summed E-state index contributed by atoms with van der Waals surface area (Å²) in [5.74, 6) is -2.55. The molecule has 1 saturated heterocycles. The first-order chi connectivity index (χ1) is 15.0. The Labute approximate surface area is 182 Å². The fourth-order valence-electron chi connectivity index (χ4n) is 3.57. The highest BCUT2D eigenvalue weighted by Gasteiger charge is 2.26. The lowest BCUT2D eigenvalue weighted by atomic mass is 10.0. The van der Waals surface area contributed by atoms with E-state index in [1.165, 1.54) is 29.8 Å². The van der Waals surface area contributed by atoms with E-state index in [4.69, 9.17) is 0 Å². The Balaban J connectivity index is 1.42. The maximum absolute atomic E-state index is 13.0. The number of nitrogens with one attached hydrogen (secondary N) is 1. The van der Waals surface area contributed by atoms with E-state index in [2.05, 4.69) is 39.4 Å². The van der Waals surface area contributed by atoms with Gasteiger partial charge in [-0.1, -0.05) is 42.5 Å². The maximum atomic E-state index is 13.0. The monoisotopic (exact) mass is 425 g/mol. The van der Waals surface area contributed by atoms with Crippen LogP contribution in [0.3, 0.4) is 0 Å². The van der Waals surface area contributed by atoms with Crippen molar-refractivity contribution in [3.63, 3.8) is 0 Å². The Morgan fingerprint density at radius 1 is 1.00 bits per heavy atom. The van der Waals surface area contributed by atoms with Crippen LogP contribution >= 0.6 is 0 Å². The Kier molecular flexibility index (Phi) is 8.32. The van der Waals surface area contributed by atoms with Crippen molar-refractivity contribution in [2.24, 2.45) is 5.92 Å². The molecule has 0 aliphatic carbocycles. The van der Waals surface area contributed by atoms with Crippen molar-refractivity contribution >= 4 is 23.6 Å². The standard InChI is InChI=1S/C24H28FN3O3/c25-21-8-10-22(11-9-21)26-23(29)17-20(24(30)31)18-28-15-13-27(14-16-28)12-4-7-19-5-2-1-3-6-19/h1-11,20H,12-18H2,(H,26,29)(H,30,31)/b7-4+. The summed E-state index contributed by atoms with van der Waals surface area (Å²) in [4.78, 5) is 28.3. The predicted molar refractivity (Wildman–Crippen MR) is 119 cm³/mol. The summed E-state index contributed by atoms with van der Waals surface area (Å²) >= 11 is 0. The molecule has 7 heteroatoms. The van der Waals surface area contributed by atoms with Crippen LogP contribution in [0.1, 0.15) is 12.0 Å². The molecular weight excluding hydrogens is 397 g/mol. The van der Waals surface area contributed by atoms with Gasteiger partial charge in [-0.2, -0.15) is 0 Å². The number of anilines is 1. The first-order valence-electron chi connectivity index (χ1n) is 10.4. The van der Waals surface area contributed by atoms with Crippen LogP contribution < -0.4 is 5.32 Å². The lowest BCUT2D eigenvalue weighted by Gasteiger charge is -2.35. The summed E-state index contributed by atoms with van der Waals surface area (Å²) in [6.07, 6.45) is 4.13. The molecule has 0 saturated carbocycles. The molecule has 0 radical (unpaired) electrons. The smallest absolute Gasteiger partial charge is 0.308 e. The topological polar surface area (TPSA) is 72.9 Å². The Hall–Kier alpha value is -3.03. The number of carbonyl (C=O) groups is 2. The lowest BCUT2D eigenvalue weighted by Crippen LogP contribution is -2.48. The zero-order chi connectivity index (χ0) is 22.1. The van der Waals surface area contributed by atoms with E-state index in [-0.39, 0.29) is 12.3 Å². The Bertz CT molecular complexity index is 879. The number of nitrogens with zero attached hydrogens (tertiary/aromatic N) is 2. The van der Waals surface area contributed by atoms with Gasteiger partial charge in [0, 0.05) is 51.4 Å². The lowest BCUT2D eigenvalue weighted by molar-refractivity contribution is -0.144. The number of benzene rings is 2. The average Bonchev–Trinajstić information content (AvgIpc) is 2.77. The number of piperazine rings is 1. The molecule has 164 valence electrons. The van der Waals surface area contributed by atoms with Gasteiger partial charge >= 0.3 is 5.97 Å². The quantitative estimate of drug-likeness (QED) is 0.646. The van der Waals surface area contributed by atoms with Gasteiger partial charge < -0.3 is 10.4 Å². The first-order valence-corrected chi connectivity index (χ1v) is 10.4. The van der Waals surface area contributed by atoms with Gasteiger partial charge in [0.25, 0.3) is 0 Å². The molecule has 0 aromatic heterocycles. The highest BCUT2D eigenvalue weighted by atomic mass is 19.1. The number of carboxylic acid groups (broad SMARTS) is 1. The third kappa shape index (κ3) is 7.62. The van der Waals surface area contributed by atoms with Crippen LogP contribution in [0.5, 0.6) is 0 Å². The van der Waals surface area contributed by atoms with Gasteiger partial charge in [0.15, 0.2) is 0 Å². The van der Waals surface area contributed by atoms with Crippen molar-refractivity contribution in [2.75, 3.05) is 44.6 Å². The van der Waals surface area contributed by atoms with Crippen LogP contribution in [-0.2, 0) is 9.59 Å². The van der Waals surface area contributed by atoms with Gasteiger partial charge in [-0.25, -0.2) is 4.39 Å². The van der Waals surface area contributed by atoms with Crippen molar-refractivity contribution in [3.05, 3.63) is 72.1 Å². The molecule has 2 aromatic rings. The predicted octanol–water partition coefficient (Wildman–Crippen LogP) is 3.19. The summed E-state index contributed by atoms with van der Waals surface area (Å²) in [6, 6.07) is 15.5. The summed E-state index contributed by atoms with van der Waals surface area (Å²) in [5, 5.41) is 12.2. The molecule has 6 nitrogen and oxygen atoms in total. The first kappa shape index (κ1) is 22.7. The van der Waals surface area contributed by atoms with E-state index in [9.17, 15) is 19.1 Å². The molecule has 1 heterocycles. The second-order valence-corrected chi connectivity index (χ2v) is 7.71. The van der Waals surface area contributed by atoms with Crippen molar-refractivity contribution in [1.82, 2.24) is 9.80 Å². The number of hydrogen-bond acceptors (Lipinski definition) is 4. The van der Waals surface area contributed by atoms with Crippen molar-refractivity contribution < 1.29 is 19.1 Å². The van der Waals surface area contributed by atoms with Gasteiger partial charge in [-0.15, -0.1) is 0 Å². The van der Waals surface area contributed by atoms with E-state index in [1.54, 1.807) is 0 Å². The van der Waals surface area contributed by atoms with Gasteiger partial charge in [-0.3, -0.25) is 19.4 Å². The van der Waals surface area contributed by atoms with Gasteiger partial charge in [0.1, 0.15) is 5.82 Å². The SMILES string of the molecule is O=C(CC(CN1CCN(C/C=C/c2ccccc2)CC1)C(=O)O)Nc1ccc(F)cc1. The summed E-state index contributed by atoms with van der Waals surface area (Å²) < 4.78 is 13.0. The molecule has 1 aliphatic rings. The molecule has 1 unspecified atom stereocenters. The van der Waals surface area contributed by atoms with E-state index >= 15 is 0 Å². The van der Waals surface area contributed by atoms with Crippen LogP contribution in [0.2, 0.25) is 0 Å². The van der Waals surface area contributed by atoms with Crippen molar-refractivity contribution in [2.45, 2.75) is 6.42 Å². The molecule has 1 atom stereocenters. The molecular formula is C24H28FN3O3. The summed E-state index contributed by atoms with van der Waals surface area (Å²) in [6.45, 7) is 4.43. The molecule has 1 fully saturated rings. The summed E-state index contributed by atoms with van der Waals surface area (Å²) in [5.41, 5.74) is 1.62. The summed E-state index contributed by atoms with van der Waals surface area (Å²) in [7, 11) is 0. The van der Waals surface area contributed by atoms with Crippen molar-refractivity contribution in [1.29, 1.82) is 0 Å². The number of rotatable bonds is 9. The number of carbonyl (C=O) groups excluding carboxylic acids is 1. The second kappa shape index (κ2) is 11.4. The van der Waals surface area contributed by atoms with E-state index in [0.29, 0.717) is 12.2 Å². The fraction of sp³-hybridized carbons (Fsp3) is 0.333. The zero-order valence-electron chi connectivity index (χ0n) is 17.4. The molecule has 1 aliphatic heterocycles. The Morgan fingerprint density at radius 2 is 1.65 bits per heavy atom. The largest absolute Gasteiger partial charge is 0.481 e. The highest BCUT2D eigenvalue weighted by Crippen LogP contribution is 2.14. The minimum absolute atomic E-state index is 0.118. The van der Waals surface area contributed by atoms with Crippen LogP contribution in [0, 0.1) is 11.7 Å². The highest BCUT2D eigenvalue weighted by molar-refractivity contribution is 5.93. The second-order valence-electron chi connectivity index (χ2n) is 7.71. The van der Waals surface area contributed by atoms with Crippen molar-refractivity contribution in [3.8, 4) is 0 Å². The van der Waals surface area contributed by atoms with E-state index in [0.717, 1.165) is 32.7 Å². The molecule has 2 aromatic carbocycles. The molecule has 0 spiro atoms. The van der Waals surface area contributed by atoms with E-state index < -0.39 is 17.7 Å². The number of amides is 1. The van der Waals surface area contributed by atoms with Crippen LogP contribution in [0.15, 0.2) is 60.7 Å². The molecule has 3 rings (SSSR count). The van der Waals surface area contributed by atoms with Crippen LogP contribution in [0.4, 0.5) is 10.1 Å². The van der Waals surface area contributed by atoms with Gasteiger partial charge in [0.05, 0.1) is 5.92 Å². The number of hydrogen-bond donors (Lipinski definition) is 2. The molecule has 0 bridgehead atoms. The molecule has 31 heavy (non-hydrogen) atoms.